The van der Waals surface area contributed by atoms with E-state index < -0.39 is 15.8 Å². The van der Waals surface area contributed by atoms with Gasteiger partial charge in [0.2, 0.25) is 10.0 Å². The SMILES string of the molecule is Cc1cc(S(=O)(=O)N2CCC(n3c(-c4ccco4)nc4cccnc43)C2)ccc1F. The Hall–Kier alpha value is -3.04. The van der Waals surface area contributed by atoms with Crippen molar-refractivity contribution in [2.24, 2.45) is 0 Å². The topological polar surface area (TPSA) is 81.2 Å². The minimum Gasteiger partial charge on any atom is -0.461 e. The van der Waals surface area contributed by atoms with Gasteiger partial charge in [-0.25, -0.2) is 22.8 Å². The molecule has 0 amide bonds. The molecule has 1 saturated heterocycles. The zero-order valence-corrected chi connectivity index (χ0v) is 17.0. The molecule has 0 radical (unpaired) electrons. The molecule has 4 aromatic rings. The number of hydrogen-bond donors (Lipinski definition) is 0. The van der Waals surface area contributed by atoms with Crippen molar-refractivity contribution in [3.05, 3.63) is 66.3 Å². The smallest absolute Gasteiger partial charge is 0.243 e. The molecule has 1 atom stereocenters. The fourth-order valence-corrected chi connectivity index (χ4v) is 5.50. The minimum absolute atomic E-state index is 0.0990. The molecule has 0 aliphatic carbocycles. The lowest BCUT2D eigenvalue weighted by molar-refractivity contribution is 0.453. The van der Waals surface area contributed by atoms with Crippen molar-refractivity contribution < 1.29 is 17.2 Å². The quantitative estimate of drug-likeness (QED) is 0.496. The number of pyridine rings is 1. The highest BCUT2D eigenvalue weighted by atomic mass is 32.2. The van der Waals surface area contributed by atoms with Crippen molar-refractivity contribution in [1.29, 1.82) is 0 Å². The van der Waals surface area contributed by atoms with Gasteiger partial charge in [0.05, 0.1) is 17.2 Å². The Kier molecular flexibility index (Phi) is 4.44. The van der Waals surface area contributed by atoms with Gasteiger partial charge in [0.25, 0.3) is 0 Å². The molecule has 154 valence electrons. The van der Waals surface area contributed by atoms with Gasteiger partial charge in [-0.05, 0) is 61.4 Å². The van der Waals surface area contributed by atoms with Crippen molar-refractivity contribution in [1.82, 2.24) is 18.8 Å². The summed E-state index contributed by atoms with van der Waals surface area (Å²) in [5.41, 5.74) is 1.71. The minimum atomic E-state index is -3.73. The number of aryl methyl sites for hydroxylation is 1. The van der Waals surface area contributed by atoms with Crippen molar-refractivity contribution >= 4 is 21.2 Å². The lowest BCUT2D eigenvalue weighted by Gasteiger charge is -2.18. The second-order valence-electron chi connectivity index (χ2n) is 7.35. The van der Waals surface area contributed by atoms with E-state index in [2.05, 4.69) is 9.97 Å². The highest BCUT2D eigenvalue weighted by molar-refractivity contribution is 7.89. The normalized spacial score (nSPS) is 17.7. The zero-order chi connectivity index (χ0) is 20.9. The van der Waals surface area contributed by atoms with Crippen LogP contribution in [0.1, 0.15) is 18.0 Å². The molecule has 7 nitrogen and oxygen atoms in total. The number of nitrogens with zero attached hydrogens (tertiary/aromatic N) is 4. The standard InChI is InChI=1S/C21H19FN4O3S/c1-14-12-16(6-7-17(14)22)30(27,28)25-10-8-15(13-25)26-20-18(4-2-9-23-20)24-21(26)19-5-3-11-29-19/h2-7,9,11-12,15H,8,10,13H2,1H3. The first kappa shape index (κ1) is 19.0. The number of furan rings is 1. The summed E-state index contributed by atoms with van der Waals surface area (Å²) < 4.78 is 48.8. The summed E-state index contributed by atoms with van der Waals surface area (Å²) in [6.07, 6.45) is 3.88. The van der Waals surface area contributed by atoms with Gasteiger partial charge in [-0.1, -0.05) is 0 Å². The van der Waals surface area contributed by atoms with E-state index in [0.29, 0.717) is 35.8 Å². The number of fused-ring (bicyclic) bond motifs is 1. The fourth-order valence-electron chi connectivity index (χ4n) is 3.92. The molecule has 1 aromatic carbocycles. The molecule has 9 heteroatoms. The predicted octanol–water partition coefficient (Wildman–Crippen LogP) is 3.77. The van der Waals surface area contributed by atoms with Gasteiger partial charge in [0.1, 0.15) is 11.3 Å². The Morgan fingerprint density at radius 1 is 1.20 bits per heavy atom. The molecule has 3 aromatic heterocycles. The van der Waals surface area contributed by atoms with E-state index in [-0.39, 0.29) is 17.5 Å². The third kappa shape index (κ3) is 3.01. The Labute approximate surface area is 172 Å². The van der Waals surface area contributed by atoms with Gasteiger partial charge in [0, 0.05) is 19.3 Å². The summed E-state index contributed by atoms with van der Waals surface area (Å²) in [5.74, 6) is 0.798. The largest absolute Gasteiger partial charge is 0.461 e. The van der Waals surface area contributed by atoms with E-state index in [9.17, 15) is 12.8 Å². The maximum Gasteiger partial charge on any atom is 0.243 e. The number of benzene rings is 1. The molecule has 1 aliphatic rings. The number of sulfonamides is 1. The van der Waals surface area contributed by atoms with E-state index in [1.807, 2.05) is 22.8 Å². The Bertz CT molecular complexity index is 1330. The lowest BCUT2D eigenvalue weighted by atomic mass is 10.2. The lowest BCUT2D eigenvalue weighted by Crippen LogP contribution is -2.29. The predicted molar refractivity (Wildman–Crippen MR) is 109 cm³/mol. The van der Waals surface area contributed by atoms with Crippen LogP contribution in [0.2, 0.25) is 0 Å². The number of rotatable bonds is 4. The summed E-state index contributed by atoms with van der Waals surface area (Å²) in [4.78, 5) is 9.23. The van der Waals surface area contributed by atoms with Crippen LogP contribution in [-0.4, -0.2) is 40.3 Å². The first-order valence-corrected chi connectivity index (χ1v) is 11.0. The van der Waals surface area contributed by atoms with Crippen LogP contribution in [0.4, 0.5) is 4.39 Å². The average molecular weight is 426 g/mol. The van der Waals surface area contributed by atoms with Crippen molar-refractivity contribution in [3.63, 3.8) is 0 Å². The molecule has 0 bridgehead atoms. The molecule has 1 unspecified atom stereocenters. The van der Waals surface area contributed by atoms with Crippen LogP contribution < -0.4 is 0 Å². The van der Waals surface area contributed by atoms with Crippen molar-refractivity contribution in [3.8, 4) is 11.6 Å². The fraction of sp³-hybridized carbons (Fsp3) is 0.238. The highest BCUT2D eigenvalue weighted by Gasteiger charge is 2.35. The Morgan fingerprint density at radius 3 is 2.83 bits per heavy atom. The van der Waals surface area contributed by atoms with Gasteiger partial charge in [-0.15, -0.1) is 0 Å². The van der Waals surface area contributed by atoms with Gasteiger partial charge in [-0.2, -0.15) is 4.31 Å². The third-order valence-corrected chi connectivity index (χ3v) is 7.31. The van der Waals surface area contributed by atoms with E-state index >= 15 is 0 Å². The molecular weight excluding hydrogens is 407 g/mol. The Balaban J connectivity index is 1.53. The van der Waals surface area contributed by atoms with Crippen LogP contribution >= 0.6 is 0 Å². The van der Waals surface area contributed by atoms with Crippen LogP contribution in [0.15, 0.2) is 64.2 Å². The van der Waals surface area contributed by atoms with Gasteiger partial charge in [0.15, 0.2) is 17.2 Å². The van der Waals surface area contributed by atoms with Gasteiger partial charge >= 0.3 is 0 Å². The second kappa shape index (κ2) is 7.03. The number of halogens is 1. The first-order chi connectivity index (χ1) is 14.4. The summed E-state index contributed by atoms with van der Waals surface area (Å²) in [7, 11) is -3.73. The number of hydrogen-bond acceptors (Lipinski definition) is 5. The van der Waals surface area contributed by atoms with Crippen LogP contribution in [0, 0.1) is 12.7 Å². The molecule has 5 rings (SSSR count). The summed E-state index contributed by atoms with van der Waals surface area (Å²) in [6, 6.07) is 11.0. The molecule has 1 fully saturated rings. The van der Waals surface area contributed by atoms with Crippen molar-refractivity contribution in [2.75, 3.05) is 13.1 Å². The van der Waals surface area contributed by atoms with E-state index in [1.54, 1.807) is 25.5 Å². The monoisotopic (exact) mass is 426 g/mol. The van der Waals surface area contributed by atoms with Gasteiger partial charge in [-0.3, -0.25) is 0 Å². The highest BCUT2D eigenvalue weighted by Crippen LogP contribution is 2.34. The molecular formula is C21H19FN4O3S. The molecule has 0 spiro atoms. The van der Waals surface area contributed by atoms with Crippen LogP contribution in [0.5, 0.6) is 0 Å². The Morgan fingerprint density at radius 2 is 2.07 bits per heavy atom. The summed E-state index contributed by atoms with van der Waals surface area (Å²) in [5, 5.41) is 0. The third-order valence-electron chi connectivity index (χ3n) is 5.45. The average Bonchev–Trinajstić information content (AvgIpc) is 3.48. The molecule has 4 heterocycles. The molecule has 30 heavy (non-hydrogen) atoms. The van der Waals surface area contributed by atoms with Crippen LogP contribution in [0.25, 0.3) is 22.7 Å². The number of imidazole rings is 1. The van der Waals surface area contributed by atoms with Crippen LogP contribution in [0.3, 0.4) is 0 Å². The van der Waals surface area contributed by atoms with E-state index in [0.717, 1.165) is 5.52 Å². The van der Waals surface area contributed by atoms with Crippen LogP contribution in [-0.2, 0) is 10.0 Å². The summed E-state index contributed by atoms with van der Waals surface area (Å²) >= 11 is 0. The maximum absolute atomic E-state index is 13.6. The zero-order valence-electron chi connectivity index (χ0n) is 16.2. The first-order valence-electron chi connectivity index (χ1n) is 9.58. The molecule has 1 aliphatic heterocycles. The second-order valence-corrected chi connectivity index (χ2v) is 9.28. The van der Waals surface area contributed by atoms with Crippen molar-refractivity contribution in [2.45, 2.75) is 24.3 Å². The van der Waals surface area contributed by atoms with Gasteiger partial charge < -0.3 is 8.98 Å². The van der Waals surface area contributed by atoms with E-state index in [4.69, 9.17) is 4.42 Å². The van der Waals surface area contributed by atoms with E-state index in [1.165, 1.54) is 22.5 Å². The number of aromatic nitrogens is 3. The maximum atomic E-state index is 13.6. The molecule has 0 N–H and O–H groups in total. The molecule has 0 saturated carbocycles. The summed E-state index contributed by atoms with van der Waals surface area (Å²) in [6.45, 7) is 2.18.